The van der Waals surface area contributed by atoms with E-state index < -0.39 is 5.54 Å². The lowest BCUT2D eigenvalue weighted by Crippen LogP contribution is -2.54. The summed E-state index contributed by atoms with van der Waals surface area (Å²) in [5.74, 6) is -0.258. The normalized spacial score (nSPS) is 30.2. The molecule has 0 aromatic heterocycles. The standard InChI is InChI=1S/C16H24FNO2/c1-4-15(3)10-16(11-19,5-6-20-15)18-14-8-12(2)7-13(17)9-14/h7-9,18-19H,4-6,10-11H2,1-3H3. The maximum Gasteiger partial charge on any atom is 0.125 e. The summed E-state index contributed by atoms with van der Waals surface area (Å²) in [6.07, 6.45) is 2.32. The first-order valence-corrected chi connectivity index (χ1v) is 7.20. The Bertz CT molecular complexity index is 459. The minimum Gasteiger partial charge on any atom is -0.394 e. The molecule has 1 saturated heterocycles. The highest BCUT2D eigenvalue weighted by molar-refractivity contribution is 5.48. The van der Waals surface area contributed by atoms with Gasteiger partial charge >= 0.3 is 0 Å². The van der Waals surface area contributed by atoms with Crippen LogP contribution in [-0.4, -0.2) is 29.5 Å². The van der Waals surface area contributed by atoms with Crippen molar-refractivity contribution in [1.29, 1.82) is 0 Å². The quantitative estimate of drug-likeness (QED) is 0.890. The third kappa shape index (κ3) is 3.30. The minimum atomic E-state index is -0.441. The largest absolute Gasteiger partial charge is 0.394 e. The molecule has 1 aromatic carbocycles. The fourth-order valence-corrected chi connectivity index (χ4v) is 2.97. The maximum absolute atomic E-state index is 13.5. The van der Waals surface area contributed by atoms with Crippen molar-refractivity contribution in [1.82, 2.24) is 0 Å². The fraction of sp³-hybridized carbons (Fsp3) is 0.625. The summed E-state index contributed by atoms with van der Waals surface area (Å²) in [6.45, 7) is 6.63. The van der Waals surface area contributed by atoms with Gasteiger partial charge in [-0.15, -0.1) is 0 Å². The highest BCUT2D eigenvalue weighted by atomic mass is 19.1. The Kier molecular flexibility index (Phi) is 4.35. The topological polar surface area (TPSA) is 41.5 Å². The van der Waals surface area contributed by atoms with Crippen LogP contribution in [0.1, 0.15) is 38.7 Å². The average molecular weight is 281 g/mol. The number of aryl methyl sites for hydroxylation is 1. The molecule has 1 aliphatic heterocycles. The minimum absolute atomic E-state index is 0.0154. The molecule has 3 nitrogen and oxygen atoms in total. The number of hydrogen-bond acceptors (Lipinski definition) is 3. The molecule has 1 aliphatic rings. The summed E-state index contributed by atoms with van der Waals surface area (Å²) < 4.78 is 19.3. The summed E-state index contributed by atoms with van der Waals surface area (Å²) in [6, 6.07) is 4.87. The number of benzene rings is 1. The van der Waals surface area contributed by atoms with Gasteiger partial charge in [-0.05, 0) is 50.5 Å². The smallest absolute Gasteiger partial charge is 0.125 e. The number of hydrogen-bond donors (Lipinski definition) is 2. The first-order chi connectivity index (χ1) is 9.40. The van der Waals surface area contributed by atoms with E-state index in [4.69, 9.17) is 4.74 Å². The van der Waals surface area contributed by atoms with E-state index in [1.807, 2.05) is 13.0 Å². The van der Waals surface area contributed by atoms with Gasteiger partial charge in [0.1, 0.15) is 5.82 Å². The summed E-state index contributed by atoms with van der Waals surface area (Å²) in [4.78, 5) is 0. The zero-order chi connectivity index (χ0) is 14.8. The third-order valence-electron chi connectivity index (χ3n) is 4.25. The van der Waals surface area contributed by atoms with Gasteiger partial charge in [-0.2, -0.15) is 0 Å². The van der Waals surface area contributed by atoms with Gasteiger partial charge < -0.3 is 15.2 Å². The Morgan fingerprint density at radius 2 is 2.15 bits per heavy atom. The van der Waals surface area contributed by atoms with Crippen LogP contribution in [0.25, 0.3) is 0 Å². The highest BCUT2D eigenvalue weighted by Crippen LogP contribution is 2.36. The molecule has 1 fully saturated rings. The third-order valence-corrected chi connectivity index (χ3v) is 4.25. The van der Waals surface area contributed by atoms with Crippen molar-refractivity contribution in [3.05, 3.63) is 29.6 Å². The first kappa shape index (κ1) is 15.3. The van der Waals surface area contributed by atoms with Crippen LogP contribution in [0.3, 0.4) is 0 Å². The second-order valence-electron chi connectivity index (χ2n) is 6.16. The van der Waals surface area contributed by atoms with Crippen LogP contribution in [0.15, 0.2) is 18.2 Å². The molecule has 0 radical (unpaired) electrons. The van der Waals surface area contributed by atoms with Crippen molar-refractivity contribution in [2.45, 2.75) is 51.2 Å². The lowest BCUT2D eigenvalue weighted by atomic mass is 9.79. The van der Waals surface area contributed by atoms with E-state index in [-0.39, 0.29) is 18.0 Å². The number of aliphatic hydroxyl groups excluding tert-OH is 1. The number of aliphatic hydroxyl groups is 1. The molecule has 4 heteroatoms. The Hall–Kier alpha value is -1.13. The number of rotatable bonds is 4. The Balaban J connectivity index is 2.23. The lowest BCUT2D eigenvalue weighted by Gasteiger charge is -2.46. The van der Waals surface area contributed by atoms with Gasteiger partial charge in [0.15, 0.2) is 0 Å². The van der Waals surface area contributed by atoms with E-state index in [9.17, 15) is 9.50 Å². The molecule has 1 heterocycles. The Labute approximate surface area is 120 Å². The van der Waals surface area contributed by atoms with Crippen LogP contribution < -0.4 is 5.32 Å². The molecule has 1 aromatic rings. The number of nitrogens with one attached hydrogen (secondary N) is 1. The molecule has 0 amide bonds. The number of ether oxygens (including phenoxy) is 1. The van der Waals surface area contributed by atoms with Gasteiger partial charge in [-0.3, -0.25) is 0 Å². The monoisotopic (exact) mass is 281 g/mol. The van der Waals surface area contributed by atoms with E-state index in [1.165, 1.54) is 12.1 Å². The number of halogens is 1. The summed E-state index contributed by atoms with van der Waals surface area (Å²) >= 11 is 0. The lowest BCUT2D eigenvalue weighted by molar-refractivity contribution is -0.0973. The molecule has 0 spiro atoms. The summed E-state index contributed by atoms with van der Waals surface area (Å²) in [7, 11) is 0. The number of anilines is 1. The van der Waals surface area contributed by atoms with E-state index in [2.05, 4.69) is 19.2 Å². The molecule has 20 heavy (non-hydrogen) atoms. The van der Waals surface area contributed by atoms with Crippen molar-refractivity contribution in [3.8, 4) is 0 Å². The van der Waals surface area contributed by atoms with E-state index in [0.29, 0.717) is 19.4 Å². The summed E-state index contributed by atoms with van der Waals surface area (Å²) in [5.41, 5.74) is 0.905. The first-order valence-electron chi connectivity index (χ1n) is 7.20. The molecular formula is C16H24FNO2. The van der Waals surface area contributed by atoms with Gasteiger partial charge in [0.2, 0.25) is 0 Å². The van der Waals surface area contributed by atoms with Gasteiger partial charge in [-0.1, -0.05) is 6.92 Å². The molecule has 2 rings (SSSR count). The van der Waals surface area contributed by atoms with Gasteiger partial charge in [0, 0.05) is 18.7 Å². The second kappa shape index (κ2) is 5.70. The van der Waals surface area contributed by atoms with Crippen molar-refractivity contribution in [3.63, 3.8) is 0 Å². The van der Waals surface area contributed by atoms with Crippen molar-refractivity contribution in [2.75, 3.05) is 18.5 Å². The maximum atomic E-state index is 13.5. The summed E-state index contributed by atoms with van der Waals surface area (Å²) in [5, 5.41) is 13.2. The molecule has 0 aliphatic carbocycles. The second-order valence-corrected chi connectivity index (χ2v) is 6.16. The predicted molar refractivity (Wildman–Crippen MR) is 78.5 cm³/mol. The van der Waals surface area contributed by atoms with Crippen LogP contribution >= 0.6 is 0 Å². The Morgan fingerprint density at radius 1 is 1.40 bits per heavy atom. The van der Waals surface area contributed by atoms with E-state index in [1.54, 1.807) is 0 Å². The van der Waals surface area contributed by atoms with Crippen LogP contribution in [-0.2, 0) is 4.74 Å². The van der Waals surface area contributed by atoms with Gasteiger partial charge in [0.25, 0.3) is 0 Å². The van der Waals surface area contributed by atoms with Crippen molar-refractivity contribution >= 4 is 5.69 Å². The van der Waals surface area contributed by atoms with Crippen LogP contribution in [0.4, 0.5) is 10.1 Å². The molecule has 0 saturated carbocycles. The van der Waals surface area contributed by atoms with Crippen LogP contribution in [0.5, 0.6) is 0 Å². The zero-order valence-corrected chi connectivity index (χ0v) is 12.5. The molecule has 0 bridgehead atoms. The SMILES string of the molecule is CCC1(C)CC(CO)(Nc2cc(C)cc(F)c2)CCO1. The molecular weight excluding hydrogens is 257 g/mol. The van der Waals surface area contributed by atoms with Crippen molar-refractivity contribution in [2.24, 2.45) is 0 Å². The van der Waals surface area contributed by atoms with E-state index in [0.717, 1.165) is 17.7 Å². The average Bonchev–Trinajstić information content (AvgIpc) is 2.37. The van der Waals surface area contributed by atoms with Crippen molar-refractivity contribution < 1.29 is 14.2 Å². The van der Waals surface area contributed by atoms with Crippen LogP contribution in [0, 0.1) is 12.7 Å². The molecule has 2 N–H and O–H groups in total. The fourth-order valence-electron chi connectivity index (χ4n) is 2.97. The van der Waals surface area contributed by atoms with Crippen LogP contribution in [0.2, 0.25) is 0 Å². The predicted octanol–water partition coefficient (Wildman–Crippen LogP) is 3.26. The molecule has 2 unspecified atom stereocenters. The highest BCUT2D eigenvalue weighted by Gasteiger charge is 2.42. The Morgan fingerprint density at radius 3 is 2.75 bits per heavy atom. The zero-order valence-electron chi connectivity index (χ0n) is 12.5. The van der Waals surface area contributed by atoms with E-state index >= 15 is 0 Å². The molecule has 2 atom stereocenters. The van der Waals surface area contributed by atoms with Gasteiger partial charge in [0.05, 0.1) is 17.7 Å². The van der Waals surface area contributed by atoms with Gasteiger partial charge in [-0.25, -0.2) is 4.39 Å². The molecule has 112 valence electrons.